The highest BCUT2D eigenvalue weighted by Gasteiger charge is 2.18. The third-order valence-corrected chi connectivity index (χ3v) is 13.6. The monoisotopic (exact) mass is 972 g/mol. The number of hydrogen-bond acceptors (Lipinski definition) is 3. The van der Waals surface area contributed by atoms with Crippen LogP contribution in [0, 0.1) is 0 Å². The van der Waals surface area contributed by atoms with Crippen molar-refractivity contribution in [1.29, 1.82) is 0 Å². The number of amides is 1. The number of hydrogen-bond donors (Lipinski definition) is 3. The van der Waals surface area contributed by atoms with E-state index < -0.39 is 12.1 Å². The van der Waals surface area contributed by atoms with Crippen LogP contribution in [0.15, 0.2) is 97.2 Å². The molecule has 0 heterocycles. The number of rotatable bonds is 55. The quantitative estimate of drug-likeness (QED) is 0.0420. The standard InChI is InChI=1S/C66H117NO3/c1-3-5-7-9-11-13-15-17-19-21-22-23-24-25-26-27-28-29-30-31-32-33-34-35-36-37-38-39-40-41-42-43-44-46-48-50-52-54-56-58-60-62-66(70)67-64(63-68)65(69)61-59-57-55-53-51-49-47-45-20-18-16-14-12-10-8-6-4-2/h5,7,11,13,17,19,22-23,25-26,28-29,51,53,59,61,64-65,68-69H,3-4,6,8-10,12,14-16,18,20-21,24,27,30-50,52,54-58,60,62-63H2,1-2H3,(H,67,70)/b7-5-,13-11-,19-17-,23-22-,26-25-,29-28-,53-51+,61-59+. The van der Waals surface area contributed by atoms with Gasteiger partial charge in [-0.3, -0.25) is 4.79 Å². The minimum absolute atomic E-state index is 0.0717. The lowest BCUT2D eigenvalue weighted by atomic mass is 10.0. The van der Waals surface area contributed by atoms with Crippen LogP contribution in [0.1, 0.15) is 296 Å². The Kier molecular flexibility index (Phi) is 58.3. The summed E-state index contributed by atoms with van der Waals surface area (Å²) < 4.78 is 0. The number of carbonyl (C=O) groups excluding carboxylic acids is 1. The van der Waals surface area contributed by atoms with Crippen LogP contribution in [0.3, 0.4) is 0 Å². The Morgan fingerprint density at radius 3 is 1.00 bits per heavy atom. The summed E-state index contributed by atoms with van der Waals surface area (Å²) in [7, 11) is 0. The lowest BCUT2D eigenvalue weighted by Crippen LogP contribution is -2.45. The Bertz CT molecular complexity index is 1290. The Labute approximate surface area is 436 Å². The van der Waals surface area contributed by atoms with E-state index in [-0.39, 0.29) is 12.5 Å². The van der Waals surface area contributed by atoms with Gasteiger partial charge in [0.05, 0.1) is 18.8 Å². The van der Waals surface area contributed by atoms with Crippen LogP contribution in [0.5, 0.6) is 0 Å². The van der Waals surface area contributed by atoms with Crippen molar-refractivity contribution in [1.82, 2.24) is 5.32 Å². The molecule has 4 heteroatoms. The van der Waals surface area contributed by atoms with Crippen LogP contribution >= 0.6 is 0 Å². The van der Waals surface area contributed by atoms with E-state index in [1.54, 1.807) is 6.08 Å². The van der Waals surface area contributed by atoms with Gasteiger partial charge in [-0.15, -0.1) is 0 Å². The van der Waals surface area contributed by atoms with E-state index >= 15 is 0 Å². The van der Waals surface area contributed by atoms with Gasteiger partial charge in [-0.05, 0) is 83.5 Å². The Balaban J connectivity index is 3.47. The highest BCUT2D eigenvalue weighted by Crippen LogP contribution is 2.17. The highest BCUT2D eigenvalue weighted by atomic mass is 16.3. The van der Waals surface area contributed by atoms with Crippen molar-refractivity contribution in [2.75, 3.05) is 6.61 Å². The maximum Gasteiger partial charge on any atom is 0.220 e. The second-order valence-electron chi connectivity index (χ2n) is 20.4. The molecule has 0 aliphatic heterocycles. The minimum Gasteiger partial charge on any atom is -0.394 e. The first kappa shape index (κ1) is 67.3. The summed E-state index contributed by atoms with van der Waals surface area (Å²) >= 11 is 0. The second-order valence-corrected chi connectivity index (χ2v) is 20.4. The molecule has 0 aliphatic rings. The van der Waals surface area contributed by atoms with E-state index in [1.165, 1.54) is 205 Å². The molecule has 0 fully saturated rings. The van der Waals surface area contributed by atoms with E-state index in [2.05, 4.69) is 104 Å². The lowest BCUT2D eigenvalue weighted by Gasteiger charge is -2.19. The van der Waals surface area contributed by atoms with Gasteiger partial charge < -0.3 is 15.5 Å². The molecular formula is C66H117NO3. The molecule has 0 aromatic carbocycles. The van der Waals surface area contributed by atoms with Crippen LogP contribution in [-0.4, -0.2) is 34.9 Å². The average Bonchev–Trinajstić information content (AvgIpc) is 3.36. The zero-order valence-corrected chi connectivity index (χ0v) is 46.5. The van der Waals surface area contributed by atoms with Gasteiger partial charge >= 0.3 is 0 Å². The maximum atomic E-state index is 12.5. The van der Waals surface area contributed by atoms with Crippen molar-refractivity contribution in [2.24, 2.45) is 0 Å². The predicted molar refractivity (Wildman–Crippen MR) is 313 cm³/mol. The van der Waals surface area contributed by atoms with Crippen molar-refractivity contribution in [3.63, 3.8) is 0 Å². The first-order valence-corrected chi connectivity index (χ1v) is 30.5. The molecule has 0 saturated carbocycles. The van der Waals surface area contributed by atoms with Gasteiger partial charge in [0.2, 0.25) is 5.91 Å². The summed E-state index contributed by atoms with van der Waals surface area (Å²) in [5, 5.41) is 23.1. The van der Waals surface area contributed by atoms with Gasteiger partial charge in [0.1, 0.15) is 0 Å². The third kappa shape index (κ3) is 56.2. The average molecular weight is 973 g/mol. The molecule has 0 aromatic rings. The number of carbonyl (C=O) groups is 1. The smallest absolute Gasteiger partial charge is 0.220 e. The summed E-state index contributed by atoms with van der Waals surface area (Å²) in [5.74, 6) is -0.0717. The third-order valence-electron chi connectivity index (χ3n) is 13.6. The van der Waals surface area contributed by atoms with Gasteiger partial charge in [-0.25, -0.2) is 0 Å². The summed E-state index contributed by atoms with van der Waals surface area (Å²) in [6, 6.07) is -0.641. The van der Waals surface area contributed by atoms with E-state index in [0.717, 1.165) is 70.6 Å². The fraction of sp³-hybridized carbons (Fsp3) is 0.742. The molecule has 0 bridgehead atoms. The Hall–Kier alpha value is -2.69. The molecule has 0 spiro atoms. The topological polar surface area (TPSA) is 69.6 Å². The van der Waals surface area contributed by atoms with Gasteiger partial charge in [0.15, 0.2) is 0 Å². The van der Waals surface area contributed by atoms with E-state index in [0.29, 0.717) is 6.42 Å². The van der Waals surface area contributed by atoms with Gasteiger partial charge in [0.25, 0.3) is 0 Å². The zero-order valence-electron chi connectivity index (χ0n) is 46.5. The molecule has 2 atom stereocenters. The van der Waals surface area contributed by atoms with Crippen LogP contribution in [0.4, 0.5) is 0 Å². The zero-order chi connectivity index (χ0) is 50.6. The van der Waals surface area contributed by atoms with Crippen molar-refractivity contribution in [2.45, 2.75) is 309 Å². The number of unbranched alkanes of at least 4 members (excludes halogenated alkanes) is 34. The van der Waals surface area contributed by atoms with Crippen LogP contribution in [-0.2, 0) is 4.79 Å². The van der Waals surface area contributed by atoms with Crippen molar-refractivity contribution in [3.8, 4) is 0 Å². The molecule has 0 aromatic heterocycles. The van der Waals surface area contributed by atoms with E-state index in [1.807, 2.05) is 6.08 Å². The van der Waals surface area contributed by atoms with E-state index in [4.69, 9.17) is 0 Å². The Morgan fingerprint density at radius 1 is 0.357 bits per heavy atom. The molecule has 0 saturated heterocycles. The Morgan fingerprint density at radius 2 is 0.643 bits per heavy atom. The molecule has 404 valence electrons. The van der Waals surface area contributed by atoms with Crippen molar-refractivity contribution in [3.05, 3.63) is 97.2 Å². The number of aliphatic hydroxyl groups excluding tert-OH is 2. The maximum absolute atomic E-state index is 12.5. The molecule has 3 N–H and O–H groups in total. The number of allylic oxidation sites excluding steroid dienone is 15. The fourth-order valence-electron chi connectivity index (χ4n) is 8.97. The predicted octanol–water partition coefficient (Wildman–Crippen LogP) is 20.5. The molecule has 0 rings (SSSR count). The summed E-state index contributed by atoms with van der Waals surface area (Å²) in [4.78, 5) is 12.5. The van der Waals surface area contributed by atoms with Gasteiger partial charge in [-0.2, -0.15) is 0 Å². The fourth-order valence-corrected chi connectivity index (χ4v) is 8.97. The first-order valence-electron chi connectivity index (χ1n) is 30.5. The normalized spacial score (nSPS) is 13.5. The van der Waals surface area contributed by atoms with Crippen molar-refractivity contribution < 1.29 is 15.0 Å². The van der Waals surface area contributed by atoms with Crippen LogP contribution in [0.2, 0.25) is 0 Å². The SMILES string of the molecule is CC/C=C\C/C=C\C/C=C\C/C=C\C/C=C\C/C=C\CCCCCCCCCCCCCCCCCCCCCCCCC(=O)NC(CO)C(O)/C=C/CC/C=C/CCCCCCCCCCCCC. The number of aliphatic hydroxyl groups is 2. The summed E-state index contributed by atoms with van der Waals surface area (Å²) in [6.45, 7) is 4.19. The minimum atomic E-state index is -0.864. The molecule has 70 heavy (non-hydrogen) atoms. The van der Waals surface area contributed by atoms with Crippen LogP contribution < -0.4 is 5.32 Å². The molecule has 0 aliphatic carbocycles. The van der Waals surface area contributed by atoms with Gasteiger partial charge in [-0.1, -0.05) is 304 Å². The molecule has 0 radical (unpaired) electrons. The molecule has 2 unspecified atom stereocenters. The van der Waals surface area contributed by atoms with Gasteiger partial charge in [0, 0.05) is 6.42 Å². The van der Waals surface area contributed by atoms with Crippen molar-refractivity contribution >= 4 is 5.91 Å². The summed E-state index contributed by atoms with van der Waals surface area (Å²) in [5.41, 5.74) is 0. The largest absolute Gasteiger partial charge is 0.394 e. The molecular weight excluding hydrogens is 855 g/mol. The number of nitrogens with one attached hydrogen (secondary N) is 1. The van der Waals surface area contributed by atoms with E-state index in [9.17, 15) is 15.0 Å². The second kappa shape index (κ2) is 60.6. The molecule has 4 nitrogen and oxygen atoms in total. The summed E-state index contributed by atoms with van der Waals surface area (Å²) in [6.07, 6.45) is 90.2. The lowest BCUT2D eigenvalue weighted by molar-refractivity contribution is -0.123. The van der Waals surface area contributed by atoms with Crippen LogP contribution in [0.25, 0.3) is 0 Å². The first-order chi connectivity index (χ1) is 34.7. The molecule has 1 amide bonds. The highest BCUT2D eigenvalue weighted by molar-refractivity contribution is 5.76.